The maximum Gasteiger partial charge on any atom is 0.233 e. The fourth-order valence-corrected chi connectivity index (χ4v) is 3.26. The van der Waals surface area contributed by atoms with E-state index in [-0.39, 0.29) is 17.5 Å². The Balaban J connectivity index is 1.60. The molecule has 2 aromatic carbocycles. The first-order chi connectivity index (χ1) is 12.9. The number of aryl methyl sites for hydroxylation is 1. The topological polar surface area (TPSA) is 77.0 Å². The van der Waals surface area contributed by atoms with E-state index in [1.165, 1.54) is 28.6 Å². The van der Waals surface area contributed by atoms with Crippen LogP contribution in [0.5, 0.6) is 0 Å². The molecule has 0 unspecified atom stereocenters. The quantitative estimate of drug-likeness (QED) is 0.522. The molecule has 0 spiro atoms. The zero-order chi connectivity index (χ0) is 19.4. The summed E-state index contributed by atoms with van der Waals surface area (Å²) in [4.78, 5) is 13.9. The van der Waals surface area contributed by atoms with E-state index in [0.717, 1.165) is 16.7 Å². The molecule has 6 nitrogen and oxygen atoms in total. The molecule has 1 amide bonds. The van der Waals surface area contributed by atoms with Crippen LogP contribution in [0.4, 0.5) is 4.39 Å². The number of carbonyl (C=O) groups excluding carboxylic acids is 1. The number of nitrogen functional groups attached to an aromatic ring is 1. The summed E-state index contributed by atoms with van der Waals surface area (Å²) >= 11 is 1.23. The first-order valence-corrected chi connectivity index (χ1v) is 9.31. The van der Waals surface area contributed by atoms with Crippen LogP contribution in [0.15, 0.2) is 53.7 Å². The van der Waals surface area contributed by atoms with Crippen molar-refractivity contribution in [3.63, 3.8) is 0 Å². The first kappa shape index (κ1) is 18.9. The van der Waals surface area contributed by atoms with Crippen molar-refractivity contribution in [2.24, 2.45) is 0 Å². The number of hydrogen-bond acceptors (Lipinski definition) is 5. The van der Waals surface area contributed by atoms with Gasteiger partial charge >= 0.3 is 0 Å². The van der Waals surface area contributed by atoms with Gasteiger partial charge in [0.15, 0.2) is 5.82 Å². The minimum absolute atomic E-state index is 0.0794. The highest BCUT2D eigenvalue weighted by atomic mass is 32.2. The van der Waals surface area contributed by atoms with Crippen molar-refractivity contribution in [2.75, 3.05) is 18.6 Å². The summed E-state index contributed by atoms with van der Waals surface area (Å²) in [6.45, 7) is 2.41. The van der Waals surface area contributed by atoms with E-state index >= 15 is 0 Å². The molecule has 27 heavy (non-hydrogen) atoms. The van der Waals surface area contributed by atoms with Gasteiger partial charge in [0.2, 0.25) is 11.1 Å². The molecule has 1 heterocycles. The number of nitrogens with zero attached hydrogens (tertiary/aromatic N) is 4. The van der Waals surface area contributed by atoms with Gasteiger partial charge in [-0.25, -0.2) is 9.07 Å². The Morgan fingerprint density at radius 1 is 1.15 bits per heavy atom. The second kappa shape index (κ2) is 8.22. The third kappa shape index (κ3) is 4.65. The highest BCUT2D eigenvalue weighted by Gasteiger charge is 2.15. The number of benzene rings is 2. The van der Waals surface area contributed by atoms with Crippen LogP contribution in [-0.2, 0) is 11.3 Å². The molecule has 0 saturated heterocycles. The van der Waals surface area contributed by atoms with E-state index in [2.05, 4.69) is 10.2 Å². The first-order valence-electron chi connectivity index (χ1n) is 8.33. The third-order valence-corrected chi connectivity index (χ3v) is 4.99. The molecule has 0 atom stereocenters. The van der Waals surface area contributed by atoms with Crippen LogP contribution < -0.4 is 5.84 Å². The molecule has 0 aliphatic carbocycles. The minimum atomic E-state index is -0.296. The van der Waals surface area contributed by atoms with Gasteiger partial charge in [-0.2, -0.15) is 0 Å². The van der Waals surface area contributed by atoms with Crippen molar-refractivity contribution in [3.8, 4) is 11.4 Å². The molecule has 8 heteroatoms. The van der Waals surface area contributed by atoms with Crippen molar-refractivity contribution in [1.82, 2.24) is 19.8 Å². The molecule has 0 saturated carbocycles. The van der Waals surface area contributed by atoms with E-state index in [1.807, 2.05) is 31.2 Å². The smallest absolute Gasteiger partial charge is 0.233 e. The molecule has 0 aliphatic rings. The van der Waals surface area contributed by atoms with Gasteiger partial charge in [-0.15, -0.1) is 10.2 Å². The van der Waals surface area contributed by atoms with E-state index in [0.29, 0.717) is 17.5 Å². The van der Waals surface area contributed by atoms with Crippen LogP contribution in [0, 0.1) is 12.7 Å². The zero-order valence-electron chi connectivity index (χ0n) is 15.1. The lowest BCUT2D eigenvalue weighted by Crippen LogP contribution is -2.28. The minimum Gasteiger partial charge on any atom is -0.341 e. The number of nitrogens with two attached hydrogens (primary N) is 1. The van der Waals surface area contributed by atoms with Crippen molar-refractivity contribution >= 4 is 17.7 Å². The fraction of sp³-hybridized carbons (Fsp3) is 0.211. The third-order valence-electron chi connectivity index (χ3n) is 4.06. The Morgan fingerprint density at radius 3 is 2.48 bits per heavy atom. The van der Waals surface area contributed by atoms with Crippen LogP contribution in [-0.4, -0.2) is 38.5 Å². The van der Waals surface area contributed by atoms with Crippen molar-refractivity contribution in [1.29, 1.82) is 0 Å². The summed E-state index contributed by atoms with van der Waals surface area (Å²) in [7, 11) is 1.71. The molecule has 0 fully saturated rings. The Kier molecular flexibility index (Phi) is 5.75. The molecule has 3 rings (SSSR count). The summed E-state index contributed by atoms with van der Waals surface area (Å²) in [5.41, 5.74) is 2.87. The van der Waals surface area contributed by atoms with E-state index in [1.54, 1.807) is 24.1 Å². The maximum absolute atomic E-state index is 13.0. The van der Waals surface area contributed by atoms with Gasteiger partial charge in [-0.1, -0.05) is 53.7 Å². The average molecular weight is 385 g/mol. The Morgan fingerprint density at radius 2 is 1.81 bits per heavy atom. The number of rotatable bonds is 6. The number of amides is 1. The molecular formula is C19H20FN5OS. The molecular weight excluding hydrogens is 365 g/mol. The van der Waals surface area contributed by atoms with Gasteiger partial charge in [0.1, 0.15) is 5.82 Å². The van der Waals surface area contributed by atoms with Gasteiger partial charge in [0, 0.05) is 19.2 Å². The molecule has 3 aromatic rings. The van der Waals surface area contributed by atoms with Crippen LogP contribution in [0.3, 0.4) is 0 Å². The second-order valence-electron chi connectivity index (χ2n) is 6.21. The lowest BCUT2D eigenvalue weighted by Gasteiger charge is -2.17. The van der Waals surface area contributed by atoms with Gasteiger partial charge < -0.3 is 10.7 Å². The Hall–Kier alpha value is -2.87. The Labute approximate surface area is 161 Å². The molecule has 2 N–H and O–H groups in total. The van der Waals surface area contributed by atoms with E-state index < -0.39 is 0 Å². The largest absolute Gasteiger partial charge is 0.341 e. The summed E-state index contributed by atoms with van der Waals surface area (Å²) in [5, 5.41) is 8.67. The monoisotopic (exact) mass is 385 g/mol. The Bertz CT molecular complexity index is 924. The number of hydrogen-bond donors (Lipinski definition) is 1. The molecule has 0 bridgehead atoms. The van der Waals surface area contributed by atoms with Gasteiger partial charge in [0.25, 0.3) is 0 Å². The summed E-state index contributed by atoms with van der Waals surface area (Å²) < 4.78 is 14.4. The highest BCUT2D eigenvalue weighted by molar-refractivity contribution is 7.99. The van der Waals surface area contributed by atoms with E-state index in [4.69, 9.17) is 5.84 Å². The number of halogens is 1. The fourth-order valence-electron chi connectivity index (χ4n) is 2.46. The number of carbonyl (C=O) groups is 1. The second-order valence-corrected chi connectivity index (χ2v) is 7.15. The normalized spacial score (nSPS) is 10.8. The maximum atomic E-state index is 13.0. The van der Waals surface area contributed by atoms with Crippen LogP contribution in [0.2, 0.25) is 0 Å². The lowest BCUT2D eigenvalue weighted by molar-refractivity contribution is -0.127. The van der Waals surface area contributed by atoms with Crippen LogP contribution >= 0.6 is 11.8 Å². The van der Waals surface area contributed by atoms with Crippen LogP contribution in [0.25, 0.3) is 11.4 Å². The van der Waals surface area contributed by atoms with Gasteiger partial charge in [-0.3, -0.25) is 4.79 Å². The molecule has 0 aliphatic heterocycles. The van der Waals surface area contributed by atoms with Crippen molar-refractivity contribution in [2.45, 2.75) is 18.6 Å². The van der Waals surface area contributed by atoms with Gasteiger partial charge in [0.05, 0.1) is 5.75 Å². The van der Waals surface area contributed by atoms with Crippen LogP contribution in [0.1, 0.15) is 11.1 Å². The predicted molar refractivity (Wildman–Crippen MR) is 104 cm³/mol. The lowest BCUT2D eigenvalue weighted by atomic mass is 10.1. The summed E-state index contributed by atoms with van der Waals surface area (Å²) in [5.74, 6) is 6.44. The molecule has 0 radical (unpaired) electrons. The van der Waals surface area contributed by atoms with E-state index in [9.17, 15) is 9.18 Å². The van der Waals surface area contributed by atoms with Crippen molar-refractivity contribution < 1.29 is 9.18 Å². The number of thioether (sulfide) groups is 1. The summed E-state index contributed by atoms with van der Waals surface area (Å²) in [6, 6.07) is 13.9. The SMILES string of the molecule is Cc1ccc(-c2nnc(SCC(=O)N(C)Cc3ccc(F)cc3)n2N)cc1. The standard InChI is InChI=1S/C19H20FN5OS/c1-13-3-7-15(8-4-13)18-22-23-19(25(18)21)27-12-17(26)24(2)11-14-5-9-16(20)10-6-14/h3-10H,11-12,21H2,1-2H3. The summed E-state index contributed by atoms with van der Waals surface area (Å²) in [6.07, 6.45) is 0. The molecule has 1 aromatic heterocycles. The molecule has 140 valence electrons. The van der Waals surface area contributed by atoms with Crippen molar-refractivity contribution in [3.05, 3.63) is 65.5 Å². The average Bonchev–Trinajstić information content (AvgIpc) is 3.03. The van der Waals surface area contributed by atoms with Gasteiger partial charge in [-0.05, 0) is 24.6 Å². The number of aromatic nitrogens is 3. The highest BCUT2D eigenvalue weighted by Crippen LogP contribution is 2.22. The predicted octanol–water partition coefficient (Wildman–Crippen LogP) is 2.86. The zero-order valence-corrected chi connectivity index (χ0v) is 15.9.